The minimum Gasteiger partial charge on any atom is -0.369 e. The Balaban J connectivity index is 0. The monoisotopic (exact) mass is 267 g/mol. The van der Waals surface area contributed by atoms with Crippen LogP contribution in [-0.4, -0.2) is 30.0 Å². The topological polar surface area (TPSA) is 108 Å². The largest absolute Gasteiger partial charge is 0.369 e. The van der Waals surface area contributed by atoms with E-state index in [0.717, 1.165) is 12.8 Å². The first-order valence-electron chi connectivity index (χ1n) is 4.14. The van der Waals surface area contributed by atoms with Crippen molar-refractivity contribution in [3.63, 3.8) is 0 Å². The Bertz CT molecular complexity index is 187. The van der Waals surface area contributed by atoms with Gasteiger partial charge >= 0.3 is 0 Å². The average Bonchev–Trinajstić information content (AvgIpc) is 2.02. The Morgan fingerprint density at radius 1 is 1.50 bits per heavy atom. The fourth-order valence-electron chi connectivity index (χ4n) is 0.792. The van der Waals surface area contributed by atoms with Crippen molar-refractivity contribution in [1.82, 2.24) is 10.3 Å². The smallest absolute Gasteiger partial charge is 0.216 e. The van der Waals surface area contributed by atoms with Crippen molar-refractivity contribution in [3.05, 3.63) is 0 Å². The second kappa shape index (κ2) is 8.76. The Morgan fingerprint density at radius 2 is 2.07 bits per heavy atom. The van der Waals surface area contributed by atoms with Crippen LogP contribution in [0.2, 0.25) is 0 Å². The first kappa shape index (κ1) is 15.6. The molecule has 0 aliphatic rings. The summed E-state index contributed by atoms with van der Waals surface area (Å²) in [5.74, 6) is 5.18. The standard InChI is InChI=1S/C7H17N5O.BrH/c1-6(13)11-4-2-3-5-12(10)7(8)9;/h2-5,10H2,1H3,(H3,8,9)(H,11,13);1H. The molecule has 84 valence electrons. The molecule has 0 aliphatic carbocycles. The summed E-state index contributed by atoms with van der Waals surface area (Å²) in [6, 6.07) is 0. The van der Waals surface area contributed by atoms with E-state index in [1.807, 2.05) is 0 Å². The molecule has 0 radical (unpaired) electrons. The van der Waals surface area contributed by atoms with Crippen LogP contribution in [0.25, 0.3) is 0 Å². The van der Waals surface area contributed by atoms with Gasteiger partial charge in [0, 0.05) is 20.0 Å². The third-order valence-corrected chi connectivity index (χ3v) is 1.51. The molecule has 1 amide bonds. The normalized spacial score (nSPS) is 8.71. The molecule has 0 atom stereocenters. The van der Waals surface area contributed by atoms with Crippen LogP contribution in [0, 0.1) is 5.41 Å². The fourth-order valence-corrected chi connectivity index (χ4v) is 0.792. The average molecular weight is 268 g/mol. The minimum absolute atomic E-state index is 0. The molecule has 7 heteroatoms. The van der Waals surface area contributed by atoms with Gasteiger partial charge in [-0.25, -0.2) is 5.84 Å². The van der Waals surface area contributed by atoms with Crippen LogP contribution in [-0.2, 0) is 4.79 Å². The highest BCUT2D eigenvalue weighted by Gasteiger charge is 1.98. The van der Waals surface area contributed by atoms with E-state index in [1.165, 1.54) is 11.9 Å². The van der Waals surface area contributed by atoms with Crippen molar-refractivity contribution < 1.29 is 4.79 Å². The Kier molecular flexibility index (Phi) is 9.79. The number of unbranched alkanes of at least 4 members (excludes halogenated alkanes) is 1. The minimum atomic E-state index is -0.139. The van der Waals surface area contributed by atoms with Gasteiger partial charge in [-0.2, -0.15) is 0 Å². The third kappa shape index (κ3) is 9.27. The molecule has 0 aromatic carbocycles. The number of nitrogens with one attached hydrogen (secondary N) is 2. The van der Waals surface area contributed by atoms with Crippen molar-refractivity contribution >= 4 is 28.8 Å². The fraction of sp³-hybridized carbons (Fsp3) is 0.714. The van der Waals surface area contributed by atoms with E-state index in [1.54, 1.807) is 0 Å². The summed E-state index contributed by atoms with van der Waals surface area (Å²) in [7, 11) is 0. The van der Waals surface area contributed by atoms with Crippen LogP contribution in [0.4, 0.5) is 0 Å². The molecule has 0 saturated heterocycles. The van der Waals surface area contributed by atoms with Crippen molar-refractivity contribution in [1.29, 1.82) is 5.41 Å². The Hall–Kier alpha value is -0.820. The van der Waals surface area contributed by atoms with Gasteiger partial charge in [-0.05, 0) is 12.8 Å². The molecule has 0 spiro atoms. The molecule has 0 rings (SSSR count). The Morgan fingerprint density at radius 3 is 2.50 bits per heavy atom. The maximum atomic E-state index is 10.4. The second-order valence-electron chi connectivity index (χ2n) is 2.77. The van der Waals surface area contributed by atoms with Crippen LogP contribution >= 0.6 is 17.0 Å². The molecule has 0 heterocycles. The van der Waals surface area contributed by atoms with Gasteiger partial charge in [0.25, 0.3) is 0 Å². The first-order chi connectivity index (χ1) is 6.04. The zero-order valence-corrected chi connectivity index (χ0v) is 9.96. The van der Waals surface area contributed by atoms with Gasteiger partial charge < -0.3 is 11.1 Å². The summed E-state index contributed by atoms with van der Waals surface area (Å²) >= 11 is 0. The van der Waals surface area contributed by atoms with E-state index in [-0.39, 0.29) is 28.8 Å². The van der Waals surface area contributed by atoms with Crippen LogP contribution in [0.5, 0.6) is 0 Å². The molecule has 0 fully saturated rings. The lowest BCUT2D eigenvalue weighted by Gasteiger charge is -2.15. The number of hydrazine groups is 1. The van der Waals surface area contributed by atoms with Crippen LogP contribution in [0.15, 0.2) is 0 Å². The molecular weight excluding hydrogens is 250 g/mol. The van der Waals surface area contributed by atoms with E-state index >= 15 is 0 Å². The lowest BCUT2D eigenvalue weighted by atomic mass is 10.3. The molecule has 0 bridgehead atoms. The van der Waals surface area contributed by atoms with E-state index in [4.69, 9.17) is 17.0 Å². The van der Waals surface area contributed by atoms with E-state index < -0.39 is 0 Å². The molecule has 6 N–H and O–H groups in total. The molecule has 0 aromatic rings. The van der Waals surface area contributed by atoms with Crippen molar-refractivity contribution in [2.75, 3.05) is 13.1 Å². The van der Waals surface area contributed by atoms with Crippen LogP contribution in [0.3, 0.4) is 0 Å². The molecule has 0 aliphatic heterocycles. The molecule has 0 aromatic heterocycles. The number of guanidine groups is 1. The van der Waals surface area contributed by atoms with E-state index in [9.17, 15) is 4.79 Å². The summed E-state index contributed by atoms with van der Waals surface area (Å²) in [5, 5.41) is 10.8. The molecule has 0 unspecified atom stereocenters. The number of rotatable bonds is 5. The zero-order chi connectivity index (χ0) is 10.3. The summed E-state index contributed by atoms with van der Waals surface area (Å²) in [4.78, 5) is 10.4. The van der Waals surface area contributed by atoms with Gasteiger partial charge in [-0.1, -0.05) is 0 Å². The summed E-state index contributed by atoms with van der Waals surface area (Å²) in [6.07, 6.45) is 1.64. The SMILES string of the molecule is Br.CC(=O)NCCCCN(N)C(=N)N. The van der Waals surface area contributed by atoms with Gasteiger partial charge in [0.1, 0.15) is 0 Å². The number of carbonyl (C=O) groups excluding carboxylic acids is 1. The highest BCUT2D eigenvalue weighted by Crippen LogP contribution is 1.88. The van der Waals surface area contributed by atoms with Gasteiger partial charge in [-0.15, -0.1) is 17.0 Å². The number of hydrogen-bond donors (Lipinski definition) is 4. The van der Waals surface area contributed by atoms with E-state index in [2.05, 4.69) is 5.32 Å². The van der Waals surface area contributed by atoms with Crippen molar-refractivity contribution in [2.45, 2.75) is 19.8 Å². The number of halogens is 1. The van der Waals surface area contributed by atoms with Crippen molar-refractivity contribution in [3.8, 4) is 0 Å². The summed E-state index contributed by atoms with van der Waals surface area (Å²) < 4.78 is 0. The van der Waals surface area contributed by atoms with Crippen LogP contribution < -0.4 is 16.9 Å². The van der Waals surface area contributed by atoms with Gasteiger partial charge in [0.05, 0.1) is 0 Å². The zero-order valence-electron chi connectivity index (χ0n) is 8.25. The van der Waals surface area contributed by atoms with Gasteiger partial charge in [0.2, 0.25) is 11.9 Å². The number of hydrogen-bond acceptors (Lipinski definition) is 3. The van der Waals surface area contributed by atoms with E-state index in [0.29, 0.717) is 13.1 Å². The molecule has 6 nitrogen and oxygen atoms in total. The molecular formula is C7H18BrN5O. The molecule has 14 heavy (non-hydrogen) atoms. The maximum Gasteiger partial charge on any atom is 0.216 e. The predicted octanol–water partition coefficient (Wildman–Crippen LogP) is -0.450. The molecule has 0 saturated carbocycles. The highest BCUT2D eigenvalue weighted by atomic mass is 79.9. The third-order valence-electron chi connectivity index (χ3n) is 1.51. The predicted molar refractivity (Wildman–Crippen MR) is 61.0 cm³/mol. The maximum absolute atomic E-state index is 10.4. The van der Waals surface area contributed by atoms with Crippen LogP contribution in [0.1, 0.15) is 19.8 Å². The quantitative estimate of drug-likeness (QED) is 0.178. The van der Waals surface area contributed by atoms with Gasteiger partial charge in [0.15, 0.2) is 0 Å². The van der Waals surface area contributed by atoms with Crippen molar-refractivity contribution in [2.24, 2.45) is 11.6 Å². The number of nitrogens with zero attached hydrogens (tertiary/aromatic N) is 1. The summed E-state index contributed by atoms with van der Waals surface area (Å²) in [6.45, 7) is 2.65. The number of nitrogens with two attached hydrogens (primary N) is 2. The number of amides is 1. The summed E-state index contributed by atoms with van der Waals surface area (Å²) in [5.41, 5.74) is 5.11. The Labute approximate surface area is 94.2 Å². The second-order valence-corrected chi connectivity index (χ2v) is 2.77. The first-order valence-corrected chi connectivity index (χ1v) is 4.14. The highest BCUT2D eigenvalue weighted by molar-refractivity contribution is 8.93. The number of carbonyl (C=O) groups is 1. The lowest BCUT2D eigenvalue weighted by Crippen LogP contribution is -2.42. The van der Waals surface area contributed by atoms with Gasteiger partial charge in [-0.3, -0.25) is 15.2 Å². The lowest BCUT2D eigenvalue weighted by molar-refractivity contribution is -0.118.